The van der Waals surface area contributed by atoms with Crippen molar-refractivity contribution >= 4 is 35.7 Å². The zero-order valence-corrected chi connectivity index (χ0v) is 49.5. The van der Waals surface area contributed by atoms with E-state index in [9.17, 15) is 59.1 Å². The minimum atomic E-state index is -5.21. The molecule has 29 heteroatoms. The summed E-state index contributed by atoms with van der Waals surface area (Å²) in [7, 11) is 1.67. The van der Waals surface area contributed by atoms with Crippen LogP contribution in [0.5, 0.6) is 0 Å². The van der Waals surface area contributed by atoms with Crippen LogP contribution >= 0.6 is 0 Å². The number of alkyl carbamates (subject to hydrolysis) is 1. The minimum absolute atomic E-state index is 0.200. The second kappa shape index (κ2) is 28.0. The van der Waals surface area contributed by atoms with E-state index in [-0.39, 0.29) is 15.9 Å². The number of nitrogens with two attached hydrogens (primary N) is 1. The number of carbonyl (C=O) groups excluding carboxylic acids is 5. The van der Waals surface area contributed by atoms with E-state index in [1.165, 1.54) is 26.0 Å². The number of esters is 2. The van der Waals surface area contributed by atoms with Gasteiger partial charge in [-0.05, 0) is 74.9 Å². The van der Waals surface area contributed by atoms with Gasteiger partial charge in [-0.2, -0.15) is 40.2 Å². The number of Topliss-reactive ketones (excluding diaryl/α,β-unsaturated/α-hetero) is 1. The first-order valence-electron chi connectivity index (χ1n) is 28.2. The van der Waals surface area contributed by atoms with Crippen LogP contribution in [0.1, 0.15) is 96.0 Å². The van der Waals surface area contributed by atoms with E-state index in [1.54, 1.807) is 24.5 Å². The van der Waals surface area contributed by atoms with Crippen LogP contribution in [0.25, 0.3) is 11.3 Å². The summed E-state index contributed by atoms with van der Waals surface area (Å²) in [6.07, 6.45) is -10.3. The number of ketones is 1. The average Bonchev–Trinajstić information content (AvgIpc) is 1.49. The van der Waals surface area contributed by atoms with Gasteiger partial charge in [0.05, 0.1) is 74.4 Å². The maximum absolute atomic E-state index is 16.4. The Hall–Kier alpha value is -7.42. The molecule has 3 aliphatic heterocycles. The third-order valence-electron chi connectivity index (χ3n) is 16.6. The zero-order valence-electron chi connectivity index (χ0n) is 49.5. The van der Waals surface area contributed by atoms with Crippen molar-refractivity contribution in [3.63, 3.8) is 0 Å². The average molecular weight is 1250 g/mol. The molecule has 4 N–H and O–H groups in total. The topological polar surface area (TPSA) is 226 Å². The van der Waals surface area contributed by atoms with Gasteiger partial charge >= 0.3 is 36.9 Å². The summed E-state index contributed by atoms with van der Waals surface area (Å²) < 4.78 is 170. The summed E-state index contributed by atoms with van der Waals surface area (Å²) in [5.41, 5.74) is 1.89. The second-order valence-corrected chi connectivity index (χ2v) is 23.6. The normalized spacial score (nSPS) is 18.4. The fourth-order valence-corrected chi connectivity index (χ4v) is 10.7. The number of halogens is 10. The summed E-state index contributed by atoms with van der Waals surface area (Å²) in [5.74, 6) is -6.37. The Morgan fingerprint density at radius 1 is 0.818 bits per heavy atom. The van der Waals surface area contributed by atoms with Crippen molar-refractivity contribution in [3.05, 3.63) is 94.9 Å². The number of hydrogen-bond acceptors (Lipinski definition) is 16. The molecule has 2 aromatic carbocycles. The minimum Gasteiger partial charge on any atom is -0.469 e. The highest BCUT2D eigenvalue weighted by atomic mass is 19.4. The molecule has 4 aromatic rings. The van der Waals surface area contributed by atoms with Crippen molar-refractivity contribution in [1.29, 1.82) is 0 Å². The van der Waals surface area contributed by atoms with E-state index in [0.717, 1.165) is 65.6 Å². The van der Waals surface area contributed by atoms with Crippen LogP contribution < -0.4 is 21.4 Å². The highest BCUT2D eigenvalue weighted by Crippen LogP contribution is 2.46. The lowest BCUT2D eigenvalue weighted by atomic mass is 9.75. The molecule has 0 aliphatic carbocycles. The first-order valence-corrected chi connectivity index (χ1v) is 28.2. The number of ether oxygens (including phenoxy) is 4. The van der Waals surface area contributed by atoms with E-state index < -0.39 is 145 Å². The third-order valence-corrected chi connectivity index (χ3v) is 16.6. The van der Waals surface area contributed by atoms with Crippen LogP contribution in [0.2, 0.25) is 0 Å². The number of amides is 2. The van der Waals surface area contributed by atoms with Crippen molar-refractivity contribution in [3.8, 4) is 23.1 Å². The summed E-state index contributed by atoms with van der Waals surface area (Å²) in [6, 6.07) is 5.74. The number of anilines is 1. The van der Waals surface area contributed by atoms with Gasteiger partial charge in [0.15, 0.2) is 5.78 Å². The van der Waals surface area contributed by atoms with E-state index in [4.69, 9.17) is 15.2 Å². The molecule has 480 valence electrons. The summed E-state index contributed by atoms with van der Waals surface area (Å²) >= 11 is 0. The molecule has 0 radical (unpaired) electrons. The number of hydrazine groups is 1. The SMILES string of the molecule is COC(=O)C[C@H](C(=O)NN(Cc1c(F)cc(-c2ccn(C(F)F)n2)cc1F)C[C@H](OC(=O)[C@@H](N)C(C)C)[C@@H](CC(=O)[C@@H](NC(=O)OC)C(C)(C)C(F)(F)F)Cc1ccc(C#Cc2cnc(N3CC4CCC(C3)N4C3COC3)nc2)cc1)C(C)(C)C(F)(F)F. The monoisotopic (exact) mass is 1250 g/mol. The Morgan fingerprint density at radius 2 is 1.41 bits per heavy atom. The highest BCUT2D eigenvalue weighted by Gasteiger charge is 2.57. The smallest absolute Gasteiger partial charge is 0.407 e. The molecule has 2 unspecified atom stereocenters. The Bertz CT molecular complexity index is 3150. The van der Waals surface area contributed by atoms with Gasteiger partial charge in [0, 0.05) is 79.3 Å². The number of hydrogen-bond donors (Lipinski definition) is 3. The Kier molecular flexibility index (Phi) is 21.6. The van der Waals surface area contributed by atoms with Gasteiger partial charge in [0.25, 0.3) is 0 Å². The Morgan fingerprint density at radius 3 is 1.92 bits per heavy atom. The number of fused-ring (bicyclic) bond motifs is 2. The molecule has 88 heavy (non-hydrogen) atoms. The van der Waals surface area contributed by atoms with Crippen molar-refractivity contribution in [1.82, 2.24) is 40.4 Å². The molecular formula is C59H70F10N10O9. The van der Waals surface area contributed by atoms with Gasteiger partial charge in [-0.15, -0.1) is 0 Å². The summed E-state index contributed by atoms with van der Waals surface area (Å²) in [5, 5.41) is 6.17. The fourth-order valence-electron chi connectivity index (χ4n) is 10.7. The standard InChI is InChI=1S/C59H70F10N10O9/c1-32(2)49(70)52(83)88-47(29-77(75-51(82)42(23-48(81)85-7)56(3,4)58(64,65)66)28-41-43(60)20-36(21-44(41)61)45-17-18-78(74-45)53(62)63)37(22-46(80)50(73-55(84)86-8)57(5,6)59(67,68)69)19-34-12-9-33(10-13-34)11-14-35-24-71-54(72-25-35)76-26-38-15-16-39(27-76)79(38)40-30-87-31-40/h9-10,12-13,17-18,20-21,24-25,32,37-40,42,47,49-50,53H,15-16,19,22-23,26-31,70H2,1-8H3,(H,73,84)(H,75,82)/t37-,38?,39?,42-,47+,49+,50-/m1/s1. The molecule has 0 spiro atoms. The van der Waals surface area contributed by atoms with Gasteiger partial charge in [0.1, 0.15) is 29.8 Å². The molecule has 2 aromatic heterocycles. The van der Waals surface area contributed by atoms with E-state index in [2.05, 4.69) is 51.6 Å². The fraction of sp³-hybridized carbons (Fsp3) is 0.559. The van der Waals surface area contributed by atoms with Crippen LogP contribution in [0.4, 0.5) is 54.6 Å². The van der Waals surface area contributed by atoms with Gasteiger partial charge in [0.2, 0.25) is 11.9 Å². The molecule has 7 atom stereocenters. The molecule has 19 nitrogen and oxygen atoms in total. The van der Waals surface area contributed by atoms with E-state index >= 15 is 8.78 Å². The predicted octanol–water partition coefficient (Wildman–Crippen LogP) is 8.09. The van der Waals surface area contributed by atoms with Crippen molar-refractivity contribution in [2.24, 2.45) is 34.3 Å². The summed E-state index contributed by atoms with van der Waals surface area (Å²) in [6.45, 7) is 3.08. The molecule has 5 heterocycles. The van der Waals surface area contributed by atoms with Gasteiger partial charge in [-0.3, -0.25) is 29.5 Å². The lowest BCUT2D eigenvalue weighted by Gasteiger charge is -2.47. The molecule has 3 fully saturated rings. The Balaban J connectivity index is 1.28. The summed E-state index contributed by atoms with van der Waals surface area (Å²) in [4.78, 5) is 82.5. The molecule has 2 amide bonds. The maximum Gasteiger partial charge on any atom is 0.407 e. The van der Waals surface area contributed by atoms with Crippen LogP contribution in [0.3, 0.4) is 0 Å². The molecule has 0 saturated carbocycles. The highest BCUT2D eigenvalue weighted by molar-refractivity contribution is 5.89. The first-order chi connectivity index (χ1) is 41.2. The van der Waals surface area contributed by atoms with E-state index in [0.29, 0.717) is 85.6 Å². The molecule has 2 bridgehead atoms. The van der Waals surface area contributed by atoms with Crippen LogP contribution in [-0.4, -0.2) is 155 Å². The van der Waals surface area contributed by atoms with Gasteiger partial charge in [-0.25, -0.2) is 33.2 Å². The van der Waals surface area contributed by atoms with Crippen LogP contribution in [-0.2, 0) is 51.1 Å². The van der Waals surface area contributed by atoms with Crippen molar-refractivity contribution < 1.29 is 86.8 Å². The number of methoxy groups -OCH3 is 2. The number of nitrogens with one attached hydrogen (secondary N) is 2. The number of piperazine rings is 1. The van der Waals surface area contributed by atoms with Gasteiger partial charge in [-0.1, -0.05) is 51.7 Å². The van der Waals surface area contributed by atoms with Crippen molar-refractivity contribution in [2.75, 3.05) is 52.0 Å². The van der Waals surface area contributed by atoms with Crippen molar-refractivity contribution in [2.45, 2.75) is 135 Å². The lowest BCUT2D eigenvalue weighted by molar-refractivity contribution is -0.231. The first kappa shape index (κ1) is 68.1. The molecular weight excluding hydrogens is 1180 g/mol. The number of rotatable bonds is 24. The number of nitrogens with zero attached hydrogens (tertiary/aromatic N) is 7. The number of benzene rings is 2. The number of carbonyl (C=O) groups is 5. The zero-order chi connectivity index (χ0) is 64.8. The quantitative estimate of drug-likeness (QED) is 0.0198. The van der Waals surface area contributed by atoms with Crippen LogP contribution in [0.15, 0.2) is 61.1 Å². The second-order valence-electron chi connectivity index (χ2n) is 23.6. The largest absolute Gasteiger partial charge is 0.469 e. The number of alkyl halides is 8. The number of aromatic nitrogens is 4. The van der Waals surface area contributed by atoms with Crippen LogP contribution in [0, 0.1) is 52.1 Å². The Labute approximate surface area is 501 Å². The third kappa shape index (κ3) is 16.1. The molecule has 3 saturated heterocycles. The molecule has 3 aliphatic rings. The molecule has 7 rings (SSSR count). The van der Waals surface area contributed by atoms with Gasteiger partial charge < -0.3 is 34.9 Å². The lowest BCUT2D eigenvalue weighted by Crippen LogP contribution is -2.62. The maximum atomic E-state index is 16.4. The van der Waals surface area contributed by atoms with E-state index in [1.807, 2.05) is 5.32 Å². The predicted molar refractivity (Wildman–Crippen MR) is 296 cm³/mol.